The second-order valence-electron chi connectivity index (χ2n) is 3.40. The number of nitrogens with zero attached hydrogens (tertiary/aromatic N) is 1. The summed E-state index contributed by atoms with van der Waals surface area (Å²) in [7, 11) is 0. The standard InChI is InChI=1S/C10H10BrN3O4/c11-5-1-2-6(13-4-5)9(16)14-7(10(17)18)3-8(12)15/h1-2,4,7H,3H2,(H2,12,15)(H,14,16)(H,17,18)/t7-/m0/s1. The van der Waals surface area contributed by atoms with Crippen LogP contribution in [0, 0.1) is 0 Å². The SMILES string of the molecule is NC(=O)C[C@H](NC(=O)c1ccc(Br)cn1)C(=O)O. The van der Waals surface area contributed by atoms with Crippen LogP contribution in [-0.4, -0.2) is 33.9 Å². The fourth-order valence-corrected chi connectivity index (χ4v) is 1.38. The van der Waals surface area contributed by atoms with Gasteiger partial charge in [-0.15, -0.1) is 0 Å². The molecule has 1 aromatic heterocycles. The maximum Gasteiger partial charge on any atom is 0.326 e. The second-order valence-corrected chi connectivity index (χ2v) is 4.31. The number of carbonyl (C=O) groups is 3. The van der Waals surface area contributed by atoms with Crippen molar-refractivity contribution in [3.63, 3.8) is 0 Å². The zero-order valence-electron chi connectivity index (χ0n) is 9.09. The van der Waals surface area contributed by atoms with E-state index in [1.807, 2.05) is 0 Å². The summed E-state index contributed by atoms with van der Waals surface area (Å²) in [5.41, 5.74) is 4.94. The molecule has 1 atom stereocenters. The Kier molecular flexibility index (Phi) is 4.78. The number of hydrogen-bond donors (Lipinski definition) is 3. The van der Waals surface area contributed by atoms with E-state index in [0.717, 1.165) is 0 Å². The third-order valence-electron chi connectivity index (χ3n) is 1.97. The lowest BCUT2D eigenvalue weighted by molar-refractivity contribution is -0.140. The first-order valence-corrected chi connectivity index (χ1v) is 5.63. The van der Waals surface area contributed by atoms with Gasteiger partial charge in [-0.3, -0.25) is 9.59 Å². The van der Waals surface area contributed by atoms with Crippen LogP contribution >= 0.6 is 15.9 Å². The summed E-state index contributed by atoms with van der Waals surface area (Å²) in [5, 5.41) is 11.0. The Morgan fingerprint density at radius 1 is 1.44 bits per heavy atom. The number of halogens is 1. The normalized spacial score (nSPS) is 11.6. The molecule has 0 aliphatic rings. The molecule has 0 unspecified atom stereocenters. The molecule has 0 spiro atoms. The maximum absolute atomic E-state index is 11.6. The maximum atomic E-state index is 11.6. The smallest absolute Gasteiger partial charge is 0.326 e. The minimum atomic E-state index is -1.36. The Hall–Kier alpha value is -1.96. The van der Waals surface area contributed by atoms with Gasteiger partial charge >= 0.3 is 5.97 Å². The van der Waals surface area contributed by atoms with E-state index in [2.05, 4.69) is 26.2 Å². The van der Waals surface area contributed by atoms with Gasteiger partial charge in [0, 0.05) is 10.7 Å². The van der Waals surface area contributed by atoms with Gasteiger partial charge in [-0.1, -0.05) is 0 Å². The number of aromatic nitrogens is 1. The Morgan fingerprint density at radius 2 is 2.11 bits per heavy atom. The van der Waals surface area contributed by atoms with Crippen LogP contribution in [0.4, 0.5) is 0 Å². The zero-order chi connectivity index (χ0) is 13.7. The summed E-state index contributed by atoms with van der Waals surface area (Å²) in [6, 6.07) is 1.65. The molecule has 4 N–H and O–H groups in total. The molecule has 0 aliphatic carbocycles. The third kappa shape index (κ3) is 4.13. The fourth-order valence-electron chi connectivity index (χ4n) is 1.14. The van der Waals surface area contributed by atoms with Gasteiger partial charge in [-0.05, 0) is 28.1 Å². The molecule has 1 heterocycles. The lowest BCUT2D eigenvalue weighted by Gasteiger charge is -2.12. The van der Waals surface area contributed by atoms with Crippen molar-refractivity contribution >= 4 is 33.7 Å². The van der Waals surface area contributed by atoms with E-state index in [-0.39, 0.29) is 5.69 Å². The second kappa shape index (κ2) is 6.10. The summed E-state index contributed by atoms with van der Waals surface area (Å²) in [6.45, 7) is 0. The number of amides is 2. The Labute approximate surface area is 111 Å². The highest BCUT2D eigenvalue weighted by Gasteiger charge is 2.23. The highest BCUT2D eigenvalue weighted by atomic mass is 79.9. The van der Waals surface area contributed by atoms with Crippen molar-refractivity contribution in [1.82, 2.24) is 10.3 Å². The lowest BCUT2D eigenvalue weighted by atomic mass is 10.2. The van der Waals surface area contributed by atoms with Gasteiger partial charge in [0.05, 0.1) is 6.42 Å². The van der Waals surface area contributed by atoms with E-state index in [1.165, 1.54) is 12.3 Å². The Balaban J connectivity index is 2.75. The number of pyridine rings is 1. The molecule has 0 fully saturated rings. The van der Waals surface area contributed by atoms with Crippen molar-refractivity contribution in [2.75, 3.05) is 0 Å². The van der Waals surface area contributed by atoms with E-state index in [4.69, 9.17) is 10.8 Å². The summed E-state index contributed by atoms with van der Waals surface area (Å²) >= 11 is 3.15. The molecule has 18 heavy (non-hydrogen) atoms. The van der Waals surface area contributed by atoms with E-state index in [9.17, 15) is 14.4 Å². The van der Waals surface area contributed by atoms with Crippen LogP contribution in [-0.2, 0) is 9.59 Å². The molecule has 0 saturated carbocycles. The van der Waals surface area contributed by atoms with Crippen LogP contribution in [0.25, 0.3) is 0 Å². The van der Waals surface area contributed by atoms with Crippen molar-refractivity contribution in [3.8, 4) is 0 Å². The topological polar surface area (TPSA) is 122 Å². The van der Waals surface area contributed by atoms with Crippen LogP contribution in [0.15, 0.2) is 22.8 Å². The number of carbonyl (C=O) groups excluding carboxylic acids is 2. The molecule has 0 saturated heterocycles. The molecular formula is C10H10BrN3O4. The van der Waals surface area contributed by atoms with Crippen molar-refractivity contribution in [2.24, 2.45) is 5.73 Å². The molecule has 1 rings (SSSR count). The van der Waals surface area contributed by atoms with Gasteiger partial charge < -0.3 is 16.2 Å². The molecule has 0 radical (unpaired) electrons. The minimum Gasteiger partial charge on any atom is -0.480 e. The molecule has 0 aliphatic heterocycles. The monoisotopic (exact) mass is 315 g/mol. The van der Waals surface area contributed by atoms with Crippen molar-refractivity contribution in [3.05, 3.63) is 28.5 Å². The number of nitrogens with two attached hydrogens (primary N) is 1. The molecule has 0 aromatic carbocycles. The quantitative estimate of drug-likeness (QED) is 0.700. The lowest BCUT2D eigenvalue weighted by Crippen LogP contribution is -2.43. The molecule has 96 valence electrons. The molecule has 7 nitrogen and oxygen atoms in total. The van der Waals surface area contributed by atoms with Crippen LogP contribution in [0.1, 0.15) is 16.9 Å². The largest absolute Gasteiger partial charge is 0.480 e. The van der Waals surface area contributed by atoms with Gasteiger partial charge in [-0.25, -0.2) is 9.78 Å². The number of carboxylic acids is 1. The first-order chi connectivity index (χ1) is 8.40. The number of aliphatic carboxylic acids is 1. The average molecular weight is 316 g/mol. The molecule has 8 heteroatoms. The summed E-state index contributed by atoms with van der Waals surface area (Å²) in [5.74, 6) is -2.83. The molecular weight excluding hydrogens is 306 g/mol. The van der Waals surface area contributed by atoms with Gasteiger partial charge in [0.2, 0.25) is 5.91 Å². The van der Waals surface area contributed by atoms with Gasteiger partial charge in [0.25, 0.3) is 5.91 Å². The van der Waals surface area contributed by atoms with E-state index >= 15 is 0 Å². The minimum absolute atomic E-state index is 0.0499. The predicted molar refractivity (Wildman–Crippen MR) is 64.6 cm³/mol. The summed E-state index contributed by atoms with van der Waals surface area (Å²) in [4.78, 5) is 36.9. The number of primary amides is 1. The Morgan fingerprint density at radius 3 is 2.56 bits per heavy atom. The van der Waals surface area contributed by atoms with Gasteiger partial charge in [-0.2, -0.15) is 0 Å². The third-order valence-corrected chi connectivity index (χ3v) is 2.44. The highest BCUT2D eigenvalue weighted by Crippen LogP contribution is 2.07. The van der Waals surface area contributed by atoms with E-state index in [1.54, 1.807) is 6.07 Å². The van der Waals surface area contributed by atoms with E-state index in [0.29, 0.717) is 4.47 Å². The van der Waals surface area contributed by atoms with Crippen molar-refractivity contribution < 1.29 is 19.5 Å². The number of hydrogen-bond acceptors (Lipinski definition) is 4. The van der Waals surface area contributed by atoms with Gasteiger partial charge in [0.1, 0.15) is 11.7 Å². The number of carboxylic acid groups (broad SMARTS) is 1. The Bertz CT molecular complexity index is 475. The van der Waals surface area contributed by atoms with Crippen molar-refractivity contribution in [1.29, 1.82) is 0 Å². The van der Waals surface area contributed by atoms with Crippen LogP contribution in [0.2, 0.25) is 0 Å². The van der Waals surface area contributed by atoms with E-state index < -0.39 is 30.2 Å². The molecule has 0 bridgehead atoms. The van der Waals surface area contributed by atoms with Crippen LogP contribution in [0.3, 0.4) is 0 Å². The first kappa shape index (κ1) is 14.1. The predicted octanol–water partition coefficient (Wildman–Crippen LogP) is -0.0975. The number of rotatable bonds is 5. The highest BCUT2D eigenvalue weighted by molar-refractivity contribution is 9.10. The van der Waals surface area contributed by atoms with Crippen molar-refractivity contribution in [2.45, 2.75) is 12.5 Å². The van der Waals surface area contributed by atoms with Gasteiger partial charge in [0.15, 0.2) is 0 Å². The van der Waals surface area contributed by atoms with Crippen LogP contribution in [0.5, 0.6) is 0 Å². The molecule has 1 aromatic rings. The fraction of sp³-hybridized carbons (Fsp3) is 0.200. The molecule has 2 amide bonds. The summed E-state index contributed by atoms with van der Waals surface area (Å²) < 4.78 is 0.686. The first-order valence-electron chi connectivity index (χ1n) is 4.83. The average Bonchev–Trinajstić information content (AvgIpc) is 2.28. The number of nitrogens with one attached hydrogen (secondary N) is 1. The van der Waals surface area contributed by atoms with Crippen LogP contribution < -0.4 is 11.1 Å². The summed E-state index contributed by atoms with van der Waals surface area (Å²) in [6.07, 6.45) is 0.927. The zero-order valence-corrected chi connectivity index (χ0v) is 10.7.